The molecule has 4 rings (SSSR count). The van der Waals surface area contributed by atoms with Gasteiger partial charge >= 0.3 is 18.4 Å². The molecule has 1 aliphatic carbocycles. The molecule has 2 aromatic rings. The largest absolute Gasteiger partial charge is 0.416 e. The van der Waals surface area contributed by atoms with E-state index in [1.807, 2.05) is 0 Å². The van der Waals surface area contributed by atoms with Crippen molar-refractivity contribution in [2.24, 2.45) is 11.8 Å². The molecule has 39 heavy (non-hydrogen) atoms. The van der Waals surface area contributed by atoms with Crippen molar-refractivity contribution in [1.82, 2.24) is 10.2 Å². The molecular weight excluding hydrogens is 533 g/mol. The number of rotatable bonds is 4. The van der Waals surface area contributed by atoms with Crippen molar-refractivity contribution in [3.8, 4) is 0 Å². The van der Waals surface area contributed by atoms with Gasteiger partial charge in [0, 0.05) is 25.4 Å². The van der Waals surface area contributed by atoms with Crippen molar-refractivity contribution in [3.63, 3.8) is 0 Å². The van der Waals surface area contributed by atoms with Gasteiger partial charge in [0.05, 0.1) is 23.3 Å². The summed E-state index contributed by atoms with van der Waals surface area (Å²) in [6.45, 7) is 3.21. The first-order valence-electron chi connectivity index (χ1n) is 12.5. The molecule has 0 aromatic heterocycles. The Kier molecular flexibility index (Phi) is 7.92. The number of aliphatic hydroxyl groups is 1. The topological polar surface area (TPSA) is 61.8 Å². The molecule has 214 valence electrons. The van der Waals surface area contributed by atoms with Crippen molar-refractivity contribution in [1.29, 1.82) is 0 Å². The fourth-order valence-corrected chi connectivity index (χ4v) is 5.98. The van der Waals surface area contributed by atoms with E-state index in [0.717, 1.165) is 0 Å². The number of amides is 2. The van der Waals surface area contributed by atoms with Crippen molar-refractivity contribution < 1.29 is 45.4 Å². The van der Waals surface area contributed by atoms with Gasteiger partial charge in [0.25, 0.3) is 0 Å². The molecule has 2 fully saturated rings. The number of aryl methyl sites for hydroxylation is 1. The summed E-state index contributed by atoms with van der Waals surface area (Å²) >= 11 is 0. The van der Waals surface area contributed by atoms with Crippen LogP contribution in [0.3, 0.4) is 0 Å². The highest BCUT2D eigenvalue weighted by Gasteiger charge is 2.52. The third-order valence-corrected chi connectivity index (χ3v) is 7.83. The summed E-state index contributed by atoms with van der Waals surface area (Å²) in [7, 11) is 1.43. The summed E-state index contributed by atoms with van der Waals surface area (Å²) in [5.41, 5.74) is -1.90. The van der Waals surface area contributed by atoms with Crippen LogP contribution in [-0.4, -0.2) is 42.0 Å². The molecule has 1 saturated carbocycles. The Balaban J connectivity index is 1.71. The molecule has 12 heteroatoms. The second-order valence-electron chi connectivity index (χ2n) is 10.2. The molecule has 1 saturated heterocycles. The summed E-state index contributed by atoms with van der Waals surface area (Å²) in [6, 6.07) is 5.03. The van der Waals surface area contributed by atoms with Crippen molar-refractivity contribution in [3.05, 3.63) is 70.0 Å². The molecule has 1 aliphatic heterocycles. The molecular formula is C27H29F7N2O3. The van der Waals surface area contributed by atoms with E-state index in [1.54, 1.807) is 13.0 Å². The Morgan fingerprint density at radius 2 is 1.64 bits per heavy atom. The van der Waals surface area contributed by atoms with Gasteiger partial charge in [0.15, 0.2) is 0 Å². The van der Waals surface area contributed by atoms with Crippen molar-refractivity contribution in [2.45, 2.75) is 63.4 Å². The summed E-state index contributed by atoms with van der Waals surface area (Å²) in [6.07, 6.45) is -12.2. The normalized spacial score (nSPS) is 26.3. The first-order valence-corrected chi connectivity index (χ1v) is 12.5. The first-order chi connectivity index (χ1) is 18.1. The third kappa shape index (κ3) is 5.86. The molecule has 1 unspecified atom stereocenters. The van der Waals surface area contributed by atoms with Crippen LogP contribution in [0.1, 0.15) is 59.6 Å². The fraction of sp³-hybridized carbons (Fsp3) is 0.519. The minimum Gasteiger partial charge on any atom is -0.373 e. The van der Waals surface area contributed by atoms with Crippen LogP contribution in [0.15, 0.2) is 36.4 Å². The fourth-order valence-electron chi connectivity index (χ4n) is 5.98. The van der Waals surface area contributed by atoms with E-state index in [9.17, 15) is 40.6 Å². The molecule has 6 atom stereocenters. The van der Waals surface area contributed by atoms with Crippen LogP contribution in [0.2, 0.25) is 0 Å². The Bertz CT molecular complexity index is 1180. The number of nitrogens with zero attached hydrogens (tertiary/aromatic N) is 1. The number of ether oxygens (including phenoxy) is 1. The number of hydrogen-bond acceptors (Lipinski definition) is 3. The predicted molar refractivity (Wildman–Crippen MR) is 127 cm³/mol. The lowest BCUT2D eigenvalue weighted by Gasteiger charge is -2.41. The molecule has 5 nitrogen and oxygen atoms in total. The van der Waals surface area contributed by atoms with Crippen molar-refractivity contribution >= 4 is 6.03 Å². The average molecular weight is 563 g/mol. The van der Waals surface area contributed by atoms with Crippen LogP contribution in [-0.2, 0) is 17.1 Å². The number of fused-ring (bicyclic) bond motifs is 1. The minimum atomic E-state index is -5.00. The maximum absolute atomic E-state index is 13.9. The number of nitrogens with one attached hydrogen (secondary N) is 1. The smallest absolute Gasteiger partial charge is 0.373 e. The molecule has 2 aromatic carbocycles. The first kappa shape index (κ1) is 29.1. The number of carbonyl (C=O) groups is 1. The molecule has 0 bridgehead atoms. The lowest BCUT2D eigenvalue weighted by Crippen LogP contribution is -2.42. The van der Waals surface area contributed by atoms with E-state index in [-0.39, 0.29) is 30.0 Å². The third-order valence-electron chi connectivity index (χ3n) is 7.83. The molecule has 0 spiro atoms. The van der Waals surface area contributed by atoms with Crippen LogP contribution >= 0.6 is 0 Å². The van der Waals surface area contributed by atoms with Crippen LogP contribution in [0.25, 0.3) is 0 Å². The number of benzene rings is 2. The number of alkyl halides is 6. The second-order valence-corrected chi connectivity index (χ2v) is 10.2. The number of halogens is 7. The lowest BCUT2D eigenvalue weighted by molar-refractivity contribution is -0.143. The van der Waals surface area contributed by atoms with Crippen LogP contribution in [0.5, 0.6) is 0 Å². The van der Waals surface area contributed by atoms with E-state index < -0.39 is 59.7 Å². The highest BCUT2D eigenvalue weighted by atomic mass is 19.4. The van der Waals surface area contributed by atoms with Gasteiger partial charge in [-0.25, -0.2) is 9.18 Å². The van der Waals surface area contributed by atoms with E-state index in [4.69, 9.17) is 4.74 Å². The number of hydrogen-bond donors (Lipinski definition) is 2. The zero-order valence-electron chi connectivity index (χ0n) is 21.4. The molecule has 2 amide bonds. The molecule has 2 N–H and O–H groups in total. The monoisotopic (exact) mass is 562 g/mol. The summed E-state index contributed by atoms with van der Waals surface area (Å²) < 4.78 is 101. The van der Waals surface area contributed by atoms with Gasteiger partial charge in [0.1, 0.15) is 12.0 Å². The van der Waals surface area contributed by atoms with Crippen LogP contribution < -0.4 is 5.32 Å². The molecule has 2 aliphatic rings. The highest BCUT2D eigenvalue weighted by Crippen LogP contribution is 2.50. The zero-order valence-corrected chi connectivity index (χ0v) is 21.4. The number of likely N-dealkylation sites (tertiary alicyclic amines) is 1. The standard InChI is InChI=1S/C27H29F7N2O3/c1-13-8-18(28)4-5-19(13)23-21-12-36(25(38)35-3)24(37)20(21)6-7-22(23)39-14(2)15-9-16(26(29,30)31)11-17(10-15)27(32,33)34/h4-5,8-11,14,20-24,37H,6-7,12H2,1-3H3,(H,35,38)/t14-,20+,21-,22+,23+,24?/m1/s1. The SMILES string of the molecule is CNC(=O)N1C[C@H]2[C@H](c3ccc(F)cc3C)[C@@H](O[C@H](C)c3cc(C(F)(F)F)cc(C(F)(F)F)c3)CC[C@@H]2C1O. The summed E-state index contributed by atoms with van der Waals surface area (Å²) in [5.74, 6) is -1.68. The quantitative estimate of drug-likeness (QED) is 0.424. The maximum Gasteiger partial charge on any atom is 0.416 e. The maximum atomic E-state index is 13.9. The molecule has 1 heterocycles. The highest BCUT2D eigenvalue weighted by molar-refractivity contribution is 5.74. The Morgan fingerprint density at radius 1 is 1.03 bits per heavy atom. The predicted octanol–water partition coefficient (Wildman–Crippen LogP) is 6.40. The van der Waals surface area contributed by atoms with Gasteiger partial charge in [-0.1, -0.05) is 6.07 Å². The van der Waals surface area contributed by atoms with E-state index in [2.05, 4.69) is 5.32 Å². The summed E-state index contributed by atoms with van der Waals surface area (Å²) in [4.78, 5) is 13.7. The van der Waals surface area contributed by atoms with Gasteiger partial charge in [-0.05, 0) is 79.6 Å². The van der Waals surface area contributed by atoms with Crippen LogP contribution in [0.4, 0.5) is 35.5 Å². The molecule has 0 radical (unpaired) electrons. The Morgan fingerprint density at radius 3 is 2.18 bits per heavy atom. The number of carbonyl (C=O) groups excluding carboxylic acids is 1. The van der Waals surface area contributed by atoms with Gasteiger partial charge in [0.2, 0.25) is 0 Å². The second kappa shape index (κ2) is 10.6. The minimum absolute atomic E-state index is 0.0688. The van der Waals surface area contributed by atoms with E-state index in [1.165, 1.54) is 31.0 Å². The number of aliphatic hydroxyl groups excluding tert-OH is 1. The van der Waals surface area contributed by atoms with E-state index >= 15 is 0 Å². The summed E-state index contributed by atoms with van der Waals surface area (Å²) in [5, 5.41) is 13.4. The van der Waals surface area contributed by atoms with Gasteiger partial charge in [-0.3, -0.25) is 4.90 Å². The Hall–Kier alpha value is -2.86. The van der Waals surface area contributed by atoms with Gasteiger partial charge in [-0.2, -0.15) is 26.3 Å². The zero-order chi connectivity index (χ0) is 28.9. The Labute approximate surface area is 220 Å². The van der Waals surface area contributed by atoms with Gasteiger partial charge < -0.3 is 15.2 Å². The van der Waals surface area contributed by atoms with Crippen LogP contribution in [0, 0.1) is 24.6 Å². The average Bonchev–Trinajstić information content (AvgIpc) is 3.19. The number of urea groups is 1. The van der Waals surface area contributed by atoms with Gasteiger partial charge in [-0.15, -0.1) is 0 Å². The van der Waals surface area contributed by atoms with E-state index in [0.29, 0.717) is 36.1 Å². The van der Waals surface area contributed by atoms with Crippen molar-refractivity contribution in [2.75, 3.05) is 13.6 Å². The lowest BCUT2D eigenvalue weighted by atomic mass is 9.68.